The van der Waals surface area contributed by atoms with Crippen LogP contribution < -0.4 is 14.8 Å². The third kappa shape index (κ3) is 3.05. The predicted octanol–water partition coefficient (Wildman–Crippen LogP) is 3.07. The second-order valence-corrected chi connectivity index (χ2v) is 4.40. The van der Waals surface area contributed by atoms with E-state index in [-0.39, 0.29) is 0 Å². The molecule has 2 rings (SSSR count). The molecule has 1 unspecified atom stereocenters. The van der Waals surface area contributed by atoms with E-state index in [2.05, 4.69) is 18.3 Å². The summed E-state index contributed by atoms with van der Waals surface area (Å²) < 4.78 is 11.3. The maximum Gasteiger partial charge on any atom is 0.128 e. The number of hydrogen-bond acceptors (Lipinski definition) is 3. The summed E-state index contributed by atoms with van der Waals surface area (Å²) in [6.07, 6.45) is 5.10. The van der Waals surface area contributed by atoms with Crippen molar-refractivity contribution in [1.82, 2.24) is 5.32 Å². The Morgan fingerprint density at radius 2 is 2.39 bits per heavy atom. The zero-order valence-electron chi connectivity index (χ0n) is 11.1. The fourth-order valence-electron chi connectivity index (χ4n) is 2.01. The van der Waals surface area contributed by atoms with Gasteiger partial charge in [0.15, 0.2) is 0 Å². The van der Waals surface area contributed by atoms with Crippen LogP contribution in [0.1, 0.15) is 31.9 Å². The smallest absolute Gasteiger partial charge is 0.128 e. The number of hydrogen-bond donors (Lipinski definition) is 1. The number of allylic oxidation sites excluding steroid dienone is 1. The van der Waals surface area contributed by atoms with Crippen LogP contribution in [0.15, 0.2) is 30.4 Å². The molecule has 0 spiro atoms. The van der Waals surface area contributed by atoms with Gasteiger partial charge in [-0.15, -0.1) is 0 Å². The van der Waals surface area contributed by atoms with Gasteiger partial charge in [-0.05, 0) is 32.0 Å². The lowest BCUT2D eigenvalue weighted by Crippen LogP contribution is -2.22. The minimum atomic E-state index is 0.324. The molecule has 18 heavy (non-hydrogen) atoms. The van der Waals surface area contributed by atoms with E-state index in [9.17, 15) is 0 Å². The lowest BCUT2D eigenvalue weighted by molar-refractivity contribution is 0.309. The minimum Gasteiger partial charge on any atom is -0.491 e. The summed E-state index contributed by atoms with van der Waals surface area (Å²) in [5, 5.41) is 3.48. The van der Waals surface area contributed by atoms with Crippen molar-refractivity contribution in [2.24, 2.45) is 0 Å². The van der Waals surface area contributed by atoms with Crippen LogP contribution in [-0.2, 0) is 0 Å². The molecule has 3 nitrogen and oxygen atoms in total. The van der Waals surface area contributed by atoms with E-state index >= 15 is 0 Å². The molecule has 0 aromatic heterocycles. The first-order chi connectivity index (χ1) is 8.85. The molecule has 0 saturated heterocycles. The average molecular weight is 247 g/mol. The van der Waals surface area contributed by atoms with Crippen LogP contribution >= 0.6 is 0 Å². The van der Waals surface area contributed by atoms with Crippen molar-refractivity contribution < 1.29 is 9.47 Å². The summed E-state index contributed by atoms with van der Waals surface area (Å²) in [6, 6.07) is 6.41. The SMILES string of the molecule is CC=CCOc1ccc2c(c1)OCC2NCCC. The Kier molecular flexibility index (Phi) is 4.65. The highest BCUT2D eigenvalue weighted by Gasteiger charge is 2.23. The largest absolute Gasteiger partial charge is 0.491 e. The molecule has 1 atom stereocenters. The van der Waals surface area contributed by atoms with E-state index in [1.54, 1.807) is 0 Å². The van der Waals surface area contributed by atoms with Crippen LogP contribution in [0.2, 0.25) is 0 Å². The first-order valence-corrected chi connectivity index (χ1v) is 6.59. The van der Waals surface area contributed by atoms with E-state index in [0.717, 1.165) is 24.5 Å². The number of ether oxygens (including phenoxy) is 2. The van der Waals surface area contributed by atoms with Crippen LogP contribution in [0.25, 0.3) is 0 Å². The Morgan fingerprint density at radius 3 is 3.17 bits per heavy atom. The second-order valence-electron chi connectivity index (χ2n) is 4.40. The van der Waals surface area contributed by atoms with Crippen molar-refractivity contribution in [3.8, 4) is 11.5 Å². The summed E-state index contributed by atoms with van der Waals surface area (Å²) >= 11 is 0. The zero-order valence-corrected chi connectivity index (χ0v) is 11.1. The number of benzene rings is 1. The third-order valence-corrected chi connectivity index (χ3v) is 2.99. The highest BCUT2D eigenvalue weighted by Crippen LogP contribution is 2.35. The van der Waals surface area contributed by atoms with E-state index in [1.165, 1.54) is 5.56 Å². The van der Waals surface area contributed by atoms with Crippen molar-refractivity contribution >= 4 is 0 Å². The van der Waals surface area contributed by atoms with E-state index in [0.29, 0.717) is 19.3 Å². The Morgan fingerprint density at radius 1 is 1.50 bits per heavy atom. The van der Waals surface area contributed by atoms with Gasteiger partial charge in [0.1, 0.15) is 24.7 Å². The minimum absolute atomic E-state index is 0.324. The zero-order chi connectivity index (χ0) is 12.8. The van der Waals surface area contributed by atoms with Crippen molar-refractivity contribution in [2.45, 2.75) is 26.3 Å². The van der Waals surface area contributed by atoms with Gasteiger partial charge in [-0.3, -0.25) is 0 Å². The van der Waals surface area contributed by atoms with Crippen LogP contribution in [0.5, 0.6) is 11.5 Å². The molecule has 0 radical (unpaired) electrons. The van der Waals surface area contributed by atoms with Gasteiger partial charge in [0, 0.05) is 11.6 Å². The van der Waals surface area contributed by atoms with Gasteiger partial charge in [-0.25, -0.2) is 0 Å². The molecule has 3 heteroatoms. The van der Waals surface area contributed by atoms with Gasteiger partial charge in [-0.2, -0.15) is 0 Å². The van der Waals surface area contributed by atoms with Crippen LogP contribution in [0.3, 0.4) is 0 Å². The molecular weight excluding hydrogens is 226 g/mol. The summed E-state index contributed by atoms with van der Waals surface area (Å²) in [6.45, 7) is 6.49. The molecule has 98 valence electrons. The van der Waals surface area contributed by atoms with E-state index < -0.39 is 0 Å². The van der Waals surface area contributed by atoms with Crippen molar-refractivity contribution in [2.75, 3.05) is 19.8 Å². The van der Waals surface area contributed by atoms with Gasteiger partial charge in [-0.1, -0.05) is 19.1 Å². The molecule has 0 aliphatic carbocycles. The Balaban J connectivity index is 2.00. The molecule has 1 heterocycles. The second kappa shape index (κ2) is 6.45. The molecule has 0 bridgehead atoms. The fourth-order valence-corrected chi connectivity index (χ4v) is 2.01. The number of rotatable bonds is 6. The molecule has 0 saturated carbocycles. The summed E-state index contributed by atoms with van der Waals surface area (Å²) in [5.74, 6) is 1.81. The third-order valence-electron chi connectivity index (χ3n) is 2.99. The molecule has 1 aliphatic heterocycles. The van der Waals surface area contributed by atoms with Gasteiger partial charge < -0.3 is 14.8 Å². The quantitative estimate of drug-likeness (QED) is 0.784. The van der Waals surface area contributed by atoms with Gasteiger partial charge in [0.25, 0.3) is 0 Å². The van der Waals surface area contributed by atoms with Crippen LogP contribution in [0.4, 0.5) is 0 Å². The Hall–Kier alpha value is -1.48. The lowest BCUT2D eigenvalue weighted by Gasteiger charge is -2.10. The molecule has 1 aliphatic rings. The Labute approximate surface area is 109 Å². The standard InChI is InChI=1S/C15H21NO2/c1-3-5-9-17-12-6-7-13-14(16-8-4-2)11-18-15(13)10-12/h3,5-7,10,14,16H,4,8-9,11H2,1-2H3. The average Bonchev–Trinajstić information content (AvgIpc) is 2.79. The summed E-state index contributed by atoms with van der Waals surface area (Å²) in [5.41, 5.74) is 1.24. The lowest BCUT2D eigenvalue weighted by atomic mass is 10.1. The summed E-state index contributed by atoms with van der Waals surface area (Å²) in [7, 11) is 0. The van der Waals surface area contributed by atoms with Crippen molar-refractivity contribution in [3.05, 3.63) is 35.9 Å². The maximum atomic E-state index is 5.69. The Bertz CT molecular complexity index is 415. The number of nitrogens with one attached hydrogen (secondary N) is 1. The molecule has 0 fully saturated rings. The van der Waals surface area contributed by atoms with E-state index in [4.69, 9.17) is 9.47 Å². The maximum absolute atomic E-state index is 5.69. The topological polar surface area (TPSA) is 30.5 Å². The monoisotopic (exact) mass is 247 g/mol. The normalized spacial score (nSPS) is 17.8. The molecule has 1 N–H and O–H groups in total. The van der Waals surface area contributed by atoms with Crippen LogP contribution in [0, 0.1) is 0 Å². The van der Waals surface area contributed by atoms with Crippen LogP contribution in [-0.4, -0.2) is 19.8 Å². The highest BCUT2D eigenvalue weighted by molar-refractivity contribution is 5.45. The fraction of sp³-hybridized carbons (Fsp3) is 0.467. The molecule has 1 aromatic carbocycles. The predicted molar refractivity (Wildman–Crippen MR) is 73.3 cm³/mol. The van der Waals surface area contributed by atoms with Gasteiger partial charge in [0.05, 0.1) is 6.04 Å². The van der Waals surface area contributed by atoms with Crippen molar-refractivity contribution in [1.29, 1.82) is 0 Å². The van der Waals surface area contributed by atoms with E-state index in [1.807, 2.05) is 31.2 Å². The number of fused-ring (bicyclic) bond motifs is 1. The van der Waals surface area contributed by atoms with Gasteiger partial charge in [0.2, 0.25) is 0 Å². The molecule has 0 amide bonds. The highest BCUT2D eigenvalue weighted by atomic mass is 16.5. The first kappa shape index (κ1) is 13.0. The molecular formula is C15H21NO2. The summed E-state index contributed by atoms with van der Waals surface area (Å²) in [4.78, 5) is 0. The van der Waals surface area contributed by atoms with Crippen molar-refractivity contribution in [3.63, 3.8) is 0 Å². The first-order valence-electron chi connectivity index (χ1n) is 6.59. The van der Waals surface area contributed by atoms with Gasteiger partial charge >= 0.3 is 0 Å². The molecule has 1 aromatic rings.